The number of benzene rings is 1. The van der Waals surface area contributed by atoms with Gasteiger partial charge < -0.3 is 10.3 Å². The second-order valence-electron chi connectivity index (χ2n) is 2.12. The molecular formula is C9H11N3O. The number of nitrogens with two attached hydrogens (primary N) is 1. The number of aromatic nitrogens is 2. The van der Waals surface area contributed by atoms with E-state index in [4.69, 9.17) is 0 Å². The summed E-state index contributed by atoms with van der Waals surface area (Å²) in [6, 6.07) is 9.69. The predicted molar refractivity (Wildman–Crippen MR) is 49.8 cm³/mol. The highest BCUT2D eigenvalue weighted by molar-refractivity contribution is 5.52. The summed E-state index contributed by atoms with van der Waals surface area (Å²) in [5, 5.41) is 3.70. The normalized spacial score (nSPS) is 8.77. The summed E-state index contributed by atoms with van der Waals surface area (Å²) in [5.41, 5.74) is 5.47. The van der Waals surface area contributed by atoms with Crippen molar-refractivity contribution < 1.29 is 4.52 Å². The Labute approximate surface area is 76.4 Å². The number of hydrogen-bond donors (Lipinski definition) is 1. The molecule has 0 saturated heterocycles. The van der Waals surface area contributed by atoms with Crippen LogP contribution in [0.2, 0.25) is 0 Å². The molecule has 0 amide bonds. The summed E-state index contributed by atoms with van der Waals surface area (Å²) in [6.07, 6.45) is 1.32. The van der Waals surface area contributed by atoms with E-state index >= 15 is 0 Å². The lowest BCUT2D eigenvalue weighted by Crippen LogP contribution is -1.77. The molecule has 0 spiro atoms. The number of hydrogen-bond acceptors (Lipinski definition) is 4. The van der Waals surface area contributed by atoms with E-state index in [0.29, 0.717) is 5.82 Å². The van der Waals surface area contributed by atoms with Crippen LogP contribution in [0.15, 0.2) is 41.2 Å². The van der Waals surface area contributed by atoms with Crippen LogP contribution in [0.4, 0.5) is 0 Å². The van der Waals surface area contributed by atoms with Gasteiger partial charge in [0.25, 0.3) is 0 Å². The standard InChI is InChI=1S/C8H6N2O.CH5N/c1-2-4-7(5-3-1)8-9-6-11-10-8;1-2/h1-6H;2H2,1H3. The molecule has 0 saturated carbocycles. The fraction of sp³-hybridized carbons (Fsp3) is 0.111. The highest BCUT2D eigenvalue weighted by Gasteiger charge is 1.98. The van der Waals surface area contributed by atoms with Crippen molar-refractivity contribution in [3.05, 3.63) is 36.7 Å². The van der Waals surface area contributed by atoms with E-state index in [0.717, 1.165) is 5.56 Å². The third kappa shape index (κ3) is 2.38. The van der Waals surface area contributed by atoms with Crippen molar-refractivity contribution in [2.75, 3.05) is 7.05 Å². The molecule has 0 aliphatic heterocycles. The van der Waals surface area contributed by atoms with E-state index in [2.05, 4.69) is 20.4 Å². The van der Waals surface area contributed by atoms with Gasteiger partial charge in [-0.3, -0.25) is 0 Å². The van der Waals surface area contributed by atoms with Crippen molar-refractivity contribution in [1.82, 2.24) is 10.1 Å². The molecular weight excluding hydrogens is 166 g/mol. The van der Waals surface area contributed by atoms with Crippen molar-refractivity contribution >= 4 is 0 Å². The Kier molecular flexibility index (Phi) is 3.66. The van der Waals surface area contributed by atoms with Crippen molar-refractivity contribution in [1.29, 1.82) is 0 Å². The maximum absolute atomic E-state index is 4.61. The van der Waals surface area contributed by atoms with Crippen molar-refractivity contribution in [2.45, 2.75) is 0 Å². The first kappa shape index (κ1) is 9.41. The van der Waals surface area contributed by atoms with E-state index in [9.17, 15) is 0 Å². The van der Waals surface area contributed by atoms with Gasteiger partial charge in [0.1, 0.15) is 0 Å². The monoisotopic (exact) mass is 177 g/mol. The molecule has 4 nitrogen and oxygen atoms in total. The molecule has 0 fully saturated rings. The molecule has 13 heavy (non-hydrogen) atoms. The van der Waals surface area contributed by atoms with Crippen LogP contribution < -0.4 is 5.73 Å². The van der Waals surface area contributed by atoms with Crippen LogP contribution in [-0.2, 0) is 0 Å². The van der Waals surface area contributed by atoms with Crippen LogP contribution in [0.25, 0.3) is 11.4 Å². The Balaban J connectivity index is 0.000000396. The topological polar surface area (TPSA) is 64.9 Å². The summed E-state index contributed by atoms with van der Waals surface area (Å²) >= 11 is 0. The highest BCUT2D eigenvalue weighted by atomic mass is 16.5. The molecule has 4 heteroatoms. The summed E-state index contributed by atoms with van der Waals surface area (Å²) in [6.45, 7) is 0. The van der Waals surface area contributed by atoms with Gasteiger partial charge in [0.2, 0.25) is 12.2 Å². The second-order valence-corrected chi connectivity index (χ2v) is 2.12. The lowest BCUT2D eigenvalue weighted by Gasteiger charge is -1.89. The van der Waals surface area contributed by atoms with E-state index in [1.165, 1.54) is 13.4 Å². The highest BCUT2D eigenvalue weighted by Crippen LogP contribution is 2.11. The molecule has 1 aromatic carbocycles. The molecule has 0 atom stereocenters. The predicted octanol–water partition coefficient (Wildman–Crippen LogP) is 1.31. The van der Waals surface area contributed by atoms with Crippen LogP contribution >= 0.6 is 0 Å². The van der Waals surface area contributed by atoms with Gasteiger partial charge in [-0.05, 0) is 7.05 Å². The smallest absolute Gasteiger partial charge is 0.214 e. The molecule has 1 heterocycles. The minimum absolute atomic E-state index is 0.630. The van der Waals surface area contributed by atoms with Crippen LogP contribution in [0.5, 0.6) is 0 Å². The van der Waals surface area contributed by atoms with Crippen LogP contribution in [0.1, 0.15) is 0 Å². The van der Waals surface area contributed by atoms with Gasteiger partial charge in [-0.25, -0.2) is 0 Å². The van der Waals surface area contributed by atoms with Crippen molar-refractivity contribution in [3.63, 3.8) is 0 Å². The summed E-state index contributed by atoms with van der Waals surface area (Å²) < 4.78 is 4.61. The van der Waals surface area contributed by atoms with Gasteiger partial charge in [-0.15, -0.1) is 0 Å². The van der Waals surface area contributed by atoms with Crippen molar-refractivity contribution in [2.24, 2.45) is 5.73 Å². The zero-order valence-corrected chi connectivity index (χ0v) is 7.34. The third-order valence-corrected chi connectivity index (χ3v) is 1.39. The van der Waals surface area contributed by atoms with Crippen molar-refractivity contribution in [3.8, 4) is 11.4 Å². The summed E-state index contributed by atoms with van der Waals surface area (Å²) in [5.74, 6) is 0.630. The lowest BCUT2D eigenvalue weighted by atomic mass is 10.2. The first-order valence-electron chi connectivity index (χ1n) is 3.86. The van der Waals surface area contributed by atoms with Gasteiger partial charge in [-0.2, -0.15) is 4.98 Å². The van der Waals surface area contributed by atoms with Crippen LogP contribution in [-0.4, -0.2) is 17.2 Å². The zero-order valence-electron chi connectivity index (χ0n) is 7.34. The quantitative estimate of drug-likeness (QED) is 0.713. The Morgan fingerprint density at radius 3 is 2.38 bits per heavy atom. The van der Waals surface area contributed by atoms with E-state index in [-0.39, 0.29) is 0 Å². The maximum atomic E-state index is 4.61. The van der Waals surface area contributed by atoms with Gasteiger partial charge in [0, 0.05) is 5.56 Å². The molecule has 2 N–H and O–H groups in total. The molecule has 0 radical (unpaired) electrons. The lowest BCUT2D eigenvalue weighted by molar-refractivity contribution is 0.419. The summed E-state index contributed by atoms with van der Waals surface area (Å²) in [7, 11) is 1.50. The first-order chi connectivity index (χ1) is 6.47. The van der Waals surface area contributed by atoms with E-state index in [1.54, 1.807) is 0 Å². The van der Waals surface area contributed by atoms with Crippen LogP contribution in [0.3, 0.4) is 0 Å². The van der Waals surface area contributed by atoms with Gasteiger partial charge >= 0.3 is 0 Å². The second kappa shape index (κ2) is 5.05. The summed E-state index contributed by atoms with van der Waals surface area (Å²) in [4.78, 5) is 3.91. The van der Waals surface area contributed by atoms with E-state index < -0.39 is 0 Å². The molecule has 0 aliphatic rings. The Bertz CT molecular complexity index is 318. The minimum atomic E-state index is 0.630. The molecule has 2 aromatic rings. The number of nitrogens with zero attached hydrogens (tertiary/aromatic N) is 2. The van der Waals surface area contributed by atoms with Crippen LogP contribution in [0, 0.1) is 0 Å². The first-order valence-corrected chi connectivity index (χ1v) is 3.86. The average molecular weight is 177 g/mol. The molecule has 68 valence electrons. The van der Waals surface area contributed by atoms with Gasteiger partial charge in [0.15, 0.2) is 0 Å². The maximum Gasteiger partial charge on any atom is 0.214 e. The third-order valence-electron chi connectivity index (χ3n) is 1.39. The molecule has 2 rings (SSSR count). The molecule has 0 bridgehead atoms. The molecule has 1 aromatic heterocycles. The van der Waals surface area contributed by atoms with Gasteiger partial charge in [0.05, 0.1) is 0 Å². The molecule has 0 aliphatic carbocycles. The zero-order chi connectivity index (χ0) is 9.52. The Hall–Kier alpha value is -1.68. The molecule has 0 unspecified atom stereocenters. The Morgan fingerprint density at radius 1 is 1.15 bits per heavy atom. The fourth-order valence-corrected chi connectivity index (χ4v) is 0.885. The Morgan fingerprint density at radius 2 is 1.85 bits per heavy atom. The van der Waals surface area contributed by atoms with E-state index in [1.807, 2.05) is 30.3 Å². The average Bonchev–Trinajstić information content (AvgIpc) is 2.75. The number of rotatable bonds is 1. The minimum Gasteiger partial charge on any atom is -0.342 e. The fourth-order valence-electron chi connectivity index (χ4n) is 0.885. The largest absolute Gasteiger partial charge is 0.342 e. The van der Waals surface area contributed by atoms with Gasteiger partial charge in [-0.1, -0.05) is 35.5 Å². The SMILES string of the molecule is CN.c1ccc(-c2ncon2)cc1.